The molecular formula is C11H15N3O4. The minimum Gasteiger partial charge on any atom is -0.393 e. The third kappa shape index (κ3) is 3.17. The highest BCUT2D eigenvalue weighted by atomic mass is 16.6. The molecule has 0 aliphatic rings. The number of carbonyl (C=O) groups excluding carboxylic acids is 1. The lowest BCUT2D eigenvalue weighted by Crippen LogP contribution is -2.29. The Morgan fingerprint density at radius 3 is 2.78 bits per heavy atom. The first-order valence-electron chi connectivity index (χ1n) is 5.25. The standard InChI is InChI=1S/C11H15N3O4/c1-13(5-6-18-2)11(15)8-3-4-9(12)10(7-8)14(16)17/h3-4,7H,5-6,12H2,1-2H3. The lowest BCUT2D eigenvalue weighted by molar-refractivity contribution is -0.383. The van der Waals surface area contributed by atoms with Gasteiger partial charge in [0.2, 0.25) is 0 Å². The fraction of sp³-hybridized carbons (Fsp3) is 0.364. The smallest absolute Gasteiger partial charge is 0.292 e. The van der Waals surface area contributed by atoms with Crippen molar-refractivity contribution >= 4 is 17.3 Å². The van der Waals surface area contributed by atoms with E-state index in [1.807, 2.05) is 0 Å². The Kier molecular flexibility index (Phi) is 4.61. The highest BCUT2D eigenvalue weighted by Crippen LogP contribution is 2.22. The van der Waals surface area contributed by atoms with E-state index in [9.17, 15) is 14.9 Å². The summed E-state index contributed by atoms with van der Waals surface area (Å²) in [5.74, 6) is -0.310. The maximum atomic E-state index is 11.9. The van der Waals surface area contributed by atoms with Crippen molar-refractivity contribution in [3.05, 3.63) is 33.9 Å². The molecule has 0 aliphatic heterocycles. The number of anilines is 1. The van der Waals surface area contributed by atoms with Crippen molar-refractivity contribution < 1.29 is 14.5 Å². The van der Waals surface area contributed by atoms with Crippen LogP contribution in [0.3, 0.4) is 0 Å². The van der Waals surface area contributed by atoms with Crippen LogP contribution in [0.5, 0.6) is 0 Å². The second kappa shape index (κ2) is 5.97. The van der Waals surface area contributed by atoms with Gasteiger partial charge in [-0.05, 0) is 12.1 Å². The summed E-state index contributed by atoms with van der Waals surface area (Å²) in [5, 5.41) is 10.7. The molecule has 0 atom stereocenters. The van der Waals surface area contributed by atoms with Crippen LogP contribution >= 0.6 is 0 Å². The van der Waals surface area contributed by atoms with Gasteiger partial charge in [0.05, 0.1) is 11.5 Å². The molecule has 1 amide bonds. The Hall–Kier alpha value is -2.15. The first-order chi connectivity index (χ1) is 8.47. The number of amides is 1. The van der Waals surface area contributed by atoms with Gasteiger partial charge in [-0.1, -0.05) is 0 Å². The molecule has 1 rings (SSSR count). The van der Waals surface area contributed by atoms with E-state index in [1.54, 1.807) is 7.05 Å². The largest absolute Gasteiger partial charge is 0.393 e. The molecule has 0 radical (unpaired) electrons. The van der Waals surface area contributed by atoms with Gasteiger partial charge < -0.3 is 15.4 Å². The molecule has 1 aromatic rings. The summed E-state index contributed by atoms with van der Waals surface area (Å²) in [6.45, 7) is 0.812. The summed E-state index contributed by atoms with van der Waals surface area (Å²) in [7, 11) is 3.13. The van der Waals surface area contributed by atoms with Crippen molar-refractivity contribution in [2.24, 2.45) is 0 Å². The van der Waals surface area contributed by atoms with Crippen LogP contribution in [0, 0.1) is 10.1 Å². The molecule has 0 saturated heterocycles. The van der Waals surface area contributed by atoms with Gasteiger partial charge in [-0.2, -0.15) is 0 Å². The van der Waals surface area contributed by atoms with Gasteiger partial charge in [-0.25, -0.2) is 0 Å². The summed E-state index contributed by atoms with van der Waals surface area (Å²) in [6, 6.07) is 4.00. The molecule has 0 aromatic heterocycles. The van der Waals surface area contributed by atoms with Crippen LogP contribution in [-0.2, 0) is 4.74 Å². The molecule has 0 unspecified atom stereocenters. The maximum Gasteiger partial charge on any atom is 0.292 e. The fourth-order valence-electron chi connectivity index (χ4n) is 1.38. The zero-order valence-corrected chi connectivity index (χ0v) is 10.3. The Bertz CT molecular complexity index is 462. The van der Waals surface area contributed by atoms with E-state index in [1.165, 1.54) is 30.2 Å². The lowest BCUT2D eigenvalue weighted by atomic mass is 10.1. The zero-order chi connectivity index (χ0) is 13.7. The molecule has 1 aromatic carbocycles. The molecule has 0 heterocycles. The first kappa shape index (κ1) is 13.9. The monoisotopic (exact) mass is 253 g/mol. The van der Waals surface area contributed by atoms with E-state index >= 15 is 0 Å². The van der Waals surface area contributed by atoms with Crippen molar-refractivity contribution in [2.75, 3.05) is 33.0 Å². The quantitative estimate of drug-likeness (QED) is 0.477. The van der Waals surface area contributed by atoms with Crippen molar-refractivity contribution in [3.63, 3.8) is 0 Å². The number of hydrogen-bond donors (Lipinski definition) is 1. The van der Waals surface area contributed by atoms with Crippen molar-refractivity contribution in [3.8, 4) is 0 Å². The SMILES string of the molecule is COCCN(C)C(=O)c1ccc(N)c([N+](=O)[O-])c1. The summed E-state index contributed by atoms with van der Waals surface area (Å²) < 4.78 is 4.86. The van der Waals surface area contributed by atoms with Gasteiger partial charge in [-0.3, -0.25) is 14.9 Å². The Morgan fingerprint density at radius 2 is 2.22 bits per heavy atom. The van der Waals surface area contributed by atoms with Crippen LogP contribution in [0.25, 0.3) is 0 Å². The van der Waals surface area contributed by atoms with Crippen LogP contribution in [0.1, 0.15) is 10.4 Å². The van der Waals surface area contributed by atoms with Crippen LogP contribution < -0.4 is 5.73 Å². The summed E-state index contributed by atoms with van der Waals surface area (Å²) >= 11 is 0. The van der Waals surface area contributed by atoms with Gasteiger partial charge in [0.15, 0.2) is 0 Å². The zero-order valence-electron chi connectivity index (χ0n) is 10.3. The molecule has 98 valence electrons. The number of nitrogen functional groups attached to an aromatic ring is 1. The second-order valence-corrected chi connectivity index (χ2v) is 3.75. The van der Waals surface area contributed by atoms with Crippen molar-refractivity contribution in [2.45, 2.75) is 0 Å². The molecule has 7 heteroatoms. The van der Waals surface area contributed by atoms with Crippen LogP contribution in [0.4, 0.5) is 11.4 Å². The average Bonchev–Trinajstić information content (AvgIpc) is 2.35. The summed E-state index contributed by atoms with van der Waals surface area (Å²) in [4.78, 5) is 23.5. The third-order valence-corrected chi connectivity index (χ3v) is 2.45. The first-order valence-corrected chi connectivity index (χ1v) is 5.25. The van der Waals surface area contributed by atoms with E-state index in [0.717, 1.165) is 0 Å². The van der Waals surface area contributed by atoms with Crippen LogP contribution in [0.15, 0.2) is 18.2 Å². The molecular weight excluding hydrogens is 238 g/mol. The van der Waals surface area contributed by atoms with Gasteiger partial charge in [0.25, 0.3) is 11.6 Å². The summed E-state index contributed by atoms with van der Waals surface area (Å²) in [5.41, 5.74) is 5.47. The highest BCUT2D eigenvalue weighted by Gasteiger charge is 2.17. The number of benzene rings is 1. The number of carbonyl (C=O) groups is 1. The molecule has 2 N–H and O–H groups in total. The molecule has 0 aliphatic carbocycles. The molecule has 0 bridgehead atoms. The van der Waals surface area contributed by atoms with E-state index in [0.29, 0.717) is 13.2 Å². The number of methoxy groups -OCH3 is 1. The predicted molar refractivity (Wildman–Crippen MR) is 66.3 cm³/mol. The third-order valence-electron chi connectivity index (χ3n) is 2.45. The number of nitro benzene ring substituents is 1. The van der Waals surface area contributed by atoms with E-state index < -0.39 is 4.92 Å². The van der Waals surface area contributed by atoms with Gasteiger partial charge in [-0.15, -0.1) is 0 Å². The lowest BCUT2D eigenvalue weighted by Gasteiger charge is -2.16. The molecule has 0 spiro atoms. The number of nitrogens with zero attached hydrogens (tertiary/aromatic N) is 2. The number of rotatable bonds is 5. The number of hydrogen-bond acceptors (Lipinski definition) is 5. The number of nitrogens with two attached hydrogens (primary N) is 1. The Balaban J connectivity index is 2.93. The normalized spacial score (nSPS) is 10.1. The Morgan fingerprint density at radius 1 is 1.56 bits per heavy atom. The maximum absolute atomic E-state index is 11.9. The second-order valence-electron chi connectivity index (χ2n) is 3.75. The van der Waals surface area contributed by atoms with Gasteiger partial charge in [0, 0.05) is 32.3 Å². The Labute approximate surface area is 104 Å². The molecule has 0 fully saturated rings. The number of likely N-dealkylation sites (N-methyl/N-ethyl adjacent to an activating group) is 1. The fourth-order valence-corrected chi connectivity index (χ4v) is 1.38. The topological polar surface area (TPSA) is 98.7 Å². The number of ether oxygens (including phenoxy) is 1. The minimum absolute atomic E-state index is 0.0381. The predicted octanol–water partition coefficient (Wildman–Crippen LogP) is 0.895. The highest BCUT2D eigenvalue weighted by molar-refractivity contribution is 5.95. The van der Waals surface area contributed by atoms with Crippen molar-refractivity contribution in [1.29, 1.82) is 0 Å². The van der Waals surface area contributed by atoms with Gasteiger partial charge in [0.1, 0.15) is 5.69 Å². The van der Waals surface area contributed by atoms with E-state index in [4.69, 9.17) is 10.5 Å². The van der Waals surface area contributed by atoms with E-state index in [-0.39, 0.29) is 22.8 Å². The average molecular weight is 253 g/mol. The molecule has 0 saturated carbocycles. The molecule has 7 nitrogen and oxygen atoms in total. The molecule has 18 heavy (non-hydrogen) atoms. The van der Waals surface area contributed by atoms with Crippen molar-refractivity contribution in [1.82, 2.24) is 4.90 Å². The minimum atomic E-state index is -0.610. The van der Waals surface area contributed by atoms with E-state index in [2.05, 4.69) is 0 Å². The number of nitro groups is 1. The van der Waals surface area contributed by atoms with Crippen LogP contribution in [-0.4, -0.2) is 43.0 Å². The van der Waals surface area contributed by atoms with Crippen LogP contribution in [0.2, 0.25) is 0 Å². The van der Waals surface area contributed by atoms with Gasteiger partial charge >= 0.3 is 0 Å². The summed E-state index contributed by atoms with van der Waals surface area (Å²) in [6.07, 6.45) is 0.